The van der Waals surface area contributed by atoms with Gasteiger partial charge in [-0.2, -0.15) is 0 Å². The van der Waals surface area contributed by atoms with E-state index in [1.165, 1.54) is 12.0 Å². The Morgan fingerprint density at radius 1 is 1.29 bits per heavy atom. The molecule has 0 aliphatic heterocycles. The van der Waals surface area contributed by atoms with Gasteiger partial charge in [-0.25, -0.2) is 0 Å². The lowest BCUT2D eigenvalue weighted by Crippen LogP contribution is -2.28. The Morgan fingerprint density at radius 2 is 2.05 bits per heavy atom. The van der Waals surface area contributed by atoms with Crippen molar-refractivity contribution < 1.29 is 4.74 Å². The maximum absolute atomic E-state index is 6.37. The lowest BCUT2D eigenvalue weighted by atomic mass is 9.80. The molecule has 4 atom stereocenters. The molecule has 1 saturated carbocycles. The standard InChI is InChI=1S/C18H28ClNO/c1-4-15(20)10-14-6-8-18(17(19)11-14)21-16-7-5-12(2)13(3)9-16/h6,8,11-13,15-16H,4-5,7,9-10,20H2,1-3H3. The second-order valence-electron chi connectivity index (χ2n) is 6.64. The molecule has 3 heteroatoms. The van der Waals surface area contributed by atoms with Gasteiger partial charge in [-0.1, -0.05) is 38.4 Å². The lowest BCUT2D eigenvalue weighted by molar-refractivity contribution is 0.101. The Bertz CT molecular complexity index is 463. The van der Waals surface area contributed by atoms with Crippen LogP contribution in [0, 0.1) is 11.8 Å². The maximum Gasteiger partial charge on any atom is 0.138 e. The Labute approximate surface area is 134 Å². The quantitative estimate of drug-likeness (QED) is 0.846. The summed E-state index contributed by atoms with van der Waals surface area (Å²) in [5.74, 6) is 2.35. The smallest absolute Gasteiger partial charge is 0.138 e. The van der Waals surface area contributed by atoms with Crippen LogP contribution in [0.5, 0.6) is 5.75 Å². The van der Waals surface area contributed by atoms with E-state index >= 15 is 0 Å². The van der Waals surface area contributed by atoms with Gasteiger partial charge in [0.05, 0.1) is 11.1 Å². The molecule has 2 nitrogen and oxygen atoms in total. The summed E-state index contributed by atoms with van der Waals surface area (Å²) in [4.78, 5) is 0. The van der Waals surface area contributed by atoms with Crippen LogP contribution >= 0.6 is 11.6 Å². The van der Waals surface area contributed by atoms with E-state index in [9.17, 15) is 0 Å². The third-order valence-electron chi connectivity index (χ3n) is 4.86. The fourth-order valence-electron chi connectivity index (χ4n) is 3.00. The van der Waals surface area contributed by atoms with Crippen molar-refractivity contribution in [3.8, 4) is 5.75 Å². The van der Waals surface area contributed by atoms with Crippen LogP contribution in [-0.4, -0.2) is 12.1 Å². The Morgan fingerprint density at radius 3 is 2.67 bits per heavy atom. The summed E-state index contributed by atoms with van der Waals surface area (Å²) < 4.78 is 6.13. The van der Waals surface area contributed by atoms with E-state index in [0.717, 1.165) is 43.3 Å². The number of hydrogen-bond acceptors (Lipinski definition) is 2. The molecule has 4 unspecified atom stereocenters. The summed E-state index contributed by atoms with van der Waals surface area (Å²) in [6.45, 7) is 6.76. The van der Waals surface area contributed by atoms with Crippen molar-refractivity contribution in [3.63, 3.8) is 0 Å². The van der Waals surface area contributed by atoms with Gasteiger partial charge in [-0.05, 0) is 61.6 Å². The maximum atomic E-state index is 6.37. The first kappa shape index (κ1) is 16.6. The van der Waals surface area contributed by atoms with Gasteiger partial charge in [0.15, 0.2) is 0 Å². The molecule has 2 rings (SSSR count). The van der Waals surface area contributed by atoms with Crippen molar-refractivity contribution in [3.05, 3.63) is 28.8 Å². The number of benzene rings is 1. The molecule has 0 aromatic heterocycles. The highest BCUT2D eigenvalue weighted by atomic mass is 35.5. The second-order valence-corrected chi connectivity index (χ2v) is 7.05. The summed E-state index contributed by atoms with van der Waals surface area (Å²) in [6, 6.07) is 6.30. The number of ether oxygens (including phenoxy) is 1. The highest BCUT2D eigenvalue weighted by molar-refractivity contribution is 6.32. The third-order valence-corrected chi connectivity index (χ3v) is 5.16. The molecule has 0 spiro atoms. The largest absolute Gasteiger partial charge is 0.489 e. The Balaban J connectivity index is 1.98. The molecule has 0 heterocycles. The van der Waals surface area contributed by atoms with Crippen molar-refractivity contribution >= 4 is 11.6 Å². The molecular weight excluding hydrogens is 282 g/mol. The summed E-state index contributed by atoms with van der Waals surface area (Å²) in [6.07, 6.45) is 5.65. The lowest BCUT2D eigenvalue weighted by Gasteiger charge is -2.32. The zero-order valence-corrected chi connectivity index (χ0v) is 14.2. The predicted molar refractivity (Wildman–Crippen MR) is 90.0 cm³/mol. The summed E-state index contributed by atoms with van der Waals surface area (Å²) in [5, 5.41) is 0.710. The molecule has 1 aromatic rings. The first-order chi connectivity index (χ1) is 9.99. The Hall–Kier alpha value is -0.730. The van der Waals surface area contributed by atoms with E-state index in [-0.39, 0.29) is 6.04 Å². The van der Waals surface area contributed by atoms with Crippen LogP contribution in [0.2, 0.25) is 5.02 Å². The molecule has 1 aliphatic carbocycles. The first-order valence-electron chi connectivity index (χ1n) is 8.20. The molecule has 21 heavy (non-hydrogen) atoms. The van der Waals surface area contributed by atoms with E-state index in [0.29, 0.717) is 11.1 Å². The second kappa shape index (κ2) is 7.51. The summed E-state index contributed by atoms with van der Waals surface area (Å²) in [5.41, 5.74) is 7.18. The van der Waals surface area contributed by atoms with E-state index in [2.05, 4.69) is 26.8 Å². The first-order valence-corrected chi connectivity index (χ1v) is 8.58. The Kier molecular flexibility index (Phi) is 5.95. The highest BCUT2D eigenvalue weighted by Gasteiger charge is 2.26. The fraction of sp³-hybridized carbons (Fsp3) is 0.667. The number of nitrogens with two attached hydrogens (primary N) is 1. The van der Waals surface area contributed by atoms with Crippen molar-refractivity contribution in [2.75, 3.05) is 0 Å². The summed E-state index contributed by atoms with van der Waals surface area (Å²) >= 11 is 6.37. The normalized spacial score (nSPS) is 27.4. The molecule has 0 radical (unpaired) electrons. The van der Waals surface area contributed by atoms with Gasteiger partial charge in [-0.15, -0.1) is 0 Å². The molecule has 118 valence electrons. The van der Waals surface area contributed by atoms with Crippen LogP contribution in [0.15, 0.2) is 18.2 Å². The average molecular weight is 310 g/mol. The molecule has 1 fully saturated rings. The monoisotopic (exact) mass is 309 g/mol. The van der Waals surface area contributed by atoms with Crippen molar-refractivity contribution in [1.82, 2.24) is 0 Å². The number of hydrogen-bond donors (Lipinski definition) is 1. The van der Waals surface area contributed by atoms with E-state index in [4.69, 9.17) is 22.1 Å². The van der Waals surface area contributed by atoms with Crippen LogP contribution in [0.1, 0.15) is 52.0 Å². The van der Waals surface area contributed by atoms with Gasteiger partial charge in [0, 0.05) is 6.04 Å². The van der Waals surface area contributed by atoms with Crippen LogP contribution in [-0.2, 0) is 6.42 Å². The molecule has 0 bridgehead atoms. The van der Waals surface area contributed by atoms with Crippen LogP contribution in [0.25, 0.3) is 0 Å². The topological polar surface area (TPSA) is 35.2 Å². The fourth-order valence-corrected chi connectivity index (χ4v) is 3.25. The van der Waals surface area contributed by atoms with Gasteiger partial charge in [-0.3, -0.25) is 0 Å². The van der Waals surface area contributed by atoms with Gasteiger partial charge >= 0.3 is 0 Å². The van der Waals surface area contributed by atoms with Gasteiger partial charge in [0.2, 0.25) is 0 Å². The van der Waals surface area contributed by atoms with Gasteiger partial charge in [0.25, 0.3) is 0 Å². The highest BCUT2D eigenvalue weighted by Crippen LogP contribution is 2.34. The van der Waals surface area contributed by atoms with Crippen molar-refractivity contribution in [2.45, 2.75) is 65.0 Å². The molecule has 0 amide bonds. The molecule has 1 aliphatic rings. The number of rotatable bonds is 5. The van der Waals surface area contributed by atoms with Crippen LogP contribution in [0.4, 0.5) is 0 Å². The molecule has 0 saturated heterocycles. The predicted octanol–water partition coefficient (Wildman–Crippen LogP) is 4.82. The number of halogens is 1. The van der Waals surface area contributed by atoms with E-state index in [1.54, 1.807) is 0 Å². The van der Waals surface area contributed by atoms with Gasteiger partial charge in [0.1, 0.15) is 5.75 Å². The summed E-state index contributed by atoms with van der Waals surface area (Å²) in [7, 11) is 0. The van der Waals surface area contributed by atoms with Crippen molar-refractivity contribution in [1.29, 1.82) is 0 Å². The minimum Gasteiger partial charge on any atom is -0.489 e. The zero-order valence-electron chi connectivity index (χ0n) is 13.4. The van der Waals surface area contributed by atoms with E-state index in [1.807, 2.05) is 12.1 Å². The minimum absolute atomic E-state index is 0.202. The molecule has 1 aromatic carbocycles. The van der Waals surface area contributed by atoms with Gasteiger partial charge < -0.3 is 10.5 Å². The molecule has 2 N–H and O–H groups in total. The van der Waals surface area contributed by atoms with Crippen LogP contribution in [0.3, 0.4) is 0 Å². The molecular formula is C18H28ClNO. The van der Waals surface area contributed by atoms with Crippen molar-refractivity contribution in [2.24, 2.45) is 17.6 Å². The van der Waals surface area contributed by atoms with Crippen LogP contribution < -0.4 is 10.5 Å². The third kappa shape index (κ3) is 4.62. The van der Waals surface area contributed by atoms with E-state index < -0.39 is 0 Å². The zero-order chi connectivity index (χ0) is 15.4. The SMILES string of the molecule is CCC(N)Cc1ccc(OC2CCC(C)C(C)C2)c(Cl)c1. The minimum atomic E-state index is 0.202. The average Bonchev–Trinajstić information content (AvgIpc) is 2.45.